The Morgan fingerprint density at radius 3 is 1.15 bits per heavy atom. The van der Waals surface area contributed by atoms with Crippen LogP contribution in [-0.2, 0) is 0 Å². The van der Waals surface area contributed by atoms with Gasteiger partial charge in [0, 0.05) is 30.9 Å². The third-order valence-electron chi connectivity index (χ3n) is 10.2. The van der Waals surface area contributed by atoms with E-state index in [2.05, 4.69) is 158 Å². The number of fused-ring (bicyclic) bond motifs is 13. The van der Waals surface area contributed by atoms with Gasteiger partial charge in [-0.05, 0) is 89.6 Å². The van der Waals surface area contributed by atoms with Gasteiger partial charge in [0.2, 0.25) is 0 Å². The predicted octanol–water partition coefficient (Wildman–Crippen LogP) is 14.4. The summed E-state index contributed by atoms with van der Waals surface area (Å²) in [5.41, 5.74) is 5.14. The molecule has 0 saturated carbocycles. The van der Waals surface area contributed by atoms with Crippen molar-refractivity contribution in [3.63, 3.8) is 0 Å². The fraction of sp³-hybridized carbons (Fsp3) is 0. The Morgan fingerprint density at radius 2 is 0.688 bits per heavy atom. The van der Waals surface area contributed by atoms with Crippen LogP contribution in [0.4, 0.5) is 0 Å². The van der Waals surface area contributed by atoms with Gasteiger partial charge in [0.25, 0.3) is 0 Å². The summed E-state index contributed by atoms with van der Waals surface area (Å²) in [6.07, 6.45) is 0. The number of hydrogen-bond acceptors (Lipinski definition) is 2. The third kappa shape index (κ3) is 3.76. The van der Waals surface area contributed by atoms with Crippen molar-refractivity contribution in [1.82, 2.24) is 0 Å². The van der Waals surface area contributed by atoms with Gasteiger partial charge in [-0.3, -0.25) is 0 Å². The Hall–Kier alpha value is -5.54. The summed E-state index contributed by atoms with van der Waals surface area (Å²) >= 11 is 3.90. The minimum absolute atomic E-state index is 1.27. The van der Waals surface area contributed by atoms with Crippen LogP contribution in [0, 0.1) is 0 Å². The molecule has 0 aliphatic rings. The summed E-state index contributed by atoms with van der Waals surface area (Å²) in [5, 5.41) is 15.8. The molecule has 9 aromatic carbocycles. The molecule has 11 aromatic rings. The number of benzene rings is 9. The van der Waals surface area contributed by atoms with E-state index < -0.39 is 0 Å². The van der Waals surface area contributed by atoms with Gasteiger partial charge in [-0.15, -0.1) is 22.7 Å². The van der Waals surface area contributed by atoms with Crippen LogP contribution >= 0.6 is 22.7 Å². The Kier molecular flexibility index (Phi) is 5.51. The normalized spacial score (nSPS) is 12.2. The zero-order chi connectivity index (χ0) is 31.3. The Morgan fingerprint density at radius 1 is 0.292 bits per heavy atom. The Labute approximate surface area is 284 Å². The number of thiophene rings is 2. The maximum absolute atomic E-state index is 2.44. The third-order valence-corrected chi connectivity index (χ3v) is 12.7. The lowest BCUT2D eigenvalue weighted by atomic mass is 9.93. The minimum atomic E-state index is 1.27. The fourth-order valence-electron chi connectivity index (χ4n) is 7.99. The molecule has 222 valence electrons. The summed E-state index contributed by atoms with van der Waals surface area (Å²) in [6, 6.07) is 58.7. The quantitative estimate of drug-likeness (QED) is 0.176. The van der Waals surface area contributed by atoms with Crippen LogP contribution < -0.4 is 0 Å². The molecule has 48 heavy (non-hydrogen) atoms. The van der Waals surface area contributed by atoms with Crippen molar-refractivity contribution < 1.29 is 0 Å². The maximum atomic E-state index is 2.44. The molecule has 0 amide bonds. The molecule has 0 saturated heterocycles. The number of hydrogen-bond donors (Lipinski definition) is 0. The number of rotatable bonds is 2. The zero-order valence-corrected chi connectivity index (χ0v) is 27.5. The highest BCUT2D eigenvalue weighted by molar-refractivity contribution is 7.33. The summed E-state index contributed by atoms with van der Waals surface area (Å²) in [6.45, 7) is 0. The van der Waals surface area contributed by atoms with Crippen LogP contribution in [0.2, 0.25) is 0 Å². The van der Waals surface area contributed by atoms with Gasteiger partial charge < -0.3 is 0 Å². The lowest BCUT2D eigenvalue weighted by molar-refractivity contribution is 1.71. The van der Waals surface area contributed by atoms with Crippen LogP contribution in [-0.4, -0.2) is 0 Å². The first-order valence-electron chi connectivity index (χ1n) is 16.4. The first kappa shape index (κ1) is 26.5. The second kappa shape index (κ2) is 9.98. The molecule has 0 atom stereocenters. The SMILES string of the molecule is c1ccc2cc(-c3cc4sc5c(ccc6c5sc5cc(-c7ccc8ccccc8c7)c7ccccc7c56)c4c4ccccc34)ccc2c1. The molecular weight excluding hydrogens is 617 g/mol. The van der Waals surface area contributed by atoms with E-state index >= 15 is 0 Å². The average molecular weight is 643 g/mol. The average Bonchev–Trinajstić information content (AvgIpc) is 3.72. The molecule has 0 nitrogen and oxygen atoms in total. The lowest BCUT2D eigenvalue weighted by Crippen LogP contribution is -1.84. The van der Waals surface area contributed by atoms with E-state index in [0.717, 1.165) is 0 Å². The molecule has 0 spiro atoms. The van der Waals surface area contributed by atoms with Crippen molar-refractivity contribution in [2.75, 3.05) is 0 Å². The van der Waals surface area contributed by atoms with E-state index in [1.807, 2.05) is 22.7 Å². The van der Waals surface area contributed by atoms with Gasteiger partial charge in [0.1, 0.15) is 0 Å². The molecule has 0 fully saturated rings. The summed E-state index contributed by atoms with van der Waals surface area (Å²) in [4.78, 5) is 0. The van der Waals surface area contributed by atoms with Crippen molar-refractivity contribution in [3.05, 3.63) is 158 Å². The van der Waals surface area contributed by atoms with E-state index in [1.165, 1.54) is 106 Å². The highest BCUT2D eigenvalue weighted by Gasteiger charge is 2.19. The molecule has 2 heterocycles. The van der Waals surface area contributed by atoms with Gasteiger partial charge in [0.15, 0.2) is 0 Å². The molecule has 0 bridgehead atoms. The molecule has 0 unspecified atom stereocenters. The van der Waals surface area contributed by atoms with Crippen LogP contribution in [0.3, 0.4) is 0 Å². The Bertz CT molecular complexity index is 2910. The van der Waals surface area contributed by atoms with Crippen molar-refractivity contribution in [1.29, 1.82) is 0 Å². The summed E-state index contributed by atoms with van der Waals surface area (Å²) in [7, 11) is 0. The van der Waals surface area contributed by atoms with E-state index in [-0.39, 0.29) is 0 Å². The first-order chi connectivity index (χ1) is 23.8. The molecule has 2 aromatic heterocycles. The van der Waals surface area contributed by atoms with Gasteiger partial charge in [-0.25, -0.2) is 0 Å². The fourth-order valence-corrected chi connectivity index (χ4v) is 10.6. The second-order valence-electron chi connectivity index (χ2n) is 12.8. The molecular formula is C46H26S2. The van der Waals surface area contributed by atoms with E-state index in [4.69, 9.17) is 0 Å². The minimum Gasteiger partial charge on any atom is -0.134 e. The largest absolute Gasteiger partial charge is 0.134 e. The van der Waals surface area contributed by atoms with Crippen molar-refractivity contribution in [2.24, 2.45) is 0 Å². The Balaban J connectivity index is 1.20. The van der Waals surface area contributed by atoms with Gasteiger partial charge in [0.05, 0.1) is 9.40 Å². The highest BCUT2D eigenvalue weighted by Crippen LogP contribution is 2.50. The summed E-state index contributed by atoms with van der Waals surface area (Å²) < 4.78 is 5.47. The van der Waals surface area contributed by atoms with E-state index in [0.29, 0.717) is 0 Å². The maximum Gasteiger partial charge on any atom is 0.0534 e. The van der Waals surface area contributed by atoms with Gasteiger partial charge in [-0.2, -0.15) is 0 Å². The second-order valence-corrected chi connectivity index (χ2v) is 14.9. The molecule has 0 radical (unpaired) electrons. The van der Waals surface area contributed by atoms with Crippen molar-refractivity contribution in [2.45, 2.75) is 0 Å². The smallest absolute Gasteiger partial charge is 0.0534 e. The zero-order valence-electron chi connectivity index (χ0n) is 25.8. The molecule has 2 heteroatoms. The van der Waals surface area contributed by atoms with Crippen LogP contribution in [0.5, 0.6) is 0 Å². The van der Waals surface area contributed by atoms with E-state index in [9.17, 15) is 0 Å². The molecule has 0 aliphatic carbocycles. The highest BCUT2D eigenvalue weighted by atomic mass is 32.1. The predicted molar refractivity (Wildman–Crippen MR) is 213 cm³/mol. The van der Waals surface area contributed by atoms with Gasteiger partial charge in [-0.1, -0.05) is 133 Å². The van der Waals surface area contributed by atoms with Crippen molar-refractivity contribution >= 4 is 106 Å². The first-order valence-corrected chi connectivity index (χ1v) is 18.1. The van der Waals surface area contributed by atoms with Crippen LogP contribution in [0.25, 0.3) is 106 Å². The molecule has 0 aliphatic heterocycles. The monoisotopic (exact) mass is 642 g/mol. The topological polar surface area (TPSA) is 0 Å². The van der Waals surface area contributed by atoms with Crippen LogP contribution in [0.1, 0.15) is 0 Å². The van der Waals surface area contributed by atoms with Crippen molar-refractivity contribution in [3.8, 4) is 22.3 Å². The molecule has 11 rings (SSSR count). The van der Waals surface area contributed by atoms with Gasteiger partial charge >= 0.3 is 0 Å². The van der Waals surface area contributed by atoms with Crippen LogP contribution in [0.15, 0.2) is 158 Å². The molecule has 0 N–H and O–H groups in total. The summed E-state index contributed by atoms with van der Waals surface area (Å²) in [5.74, 6) is 0. The van der Waals surface area contributed by atoms with E-state index in [1.54, 1.807) is 0 Å². The standard InChI is InChI=1S/C46H26S2/c1-3-11-29-23-31(19-17-27(29)9-1)39-25-41-43(35-15-7-5-13-33(35)39)37-21-22-38-44-36-16-8-6-14-34(36)40(26-42(44)48-46(38)45(37)47-41)32-20-18-28-10-2-4-12-30(28)24-32/h1-26H. The lowest BCUT2D eigenvalue weighted by Gasteiger charge is -2.10.